The van der Waals surface area contributed by atoms with E-state index in [-0.39, 0.29) is 30.1 Å². The monoisotopic (exact) mass is 387 g/mol. The summed E-state index contributed by atoms with van der Waals surface area (Å²) in [7, 11) is 2.07. The number of guanidine groups is 1. The van der Waals surface area contributed by atoms with Crippen molar-refractivity contribution in [3.63, 3.8) is 0 Å². The number of hydrogen-bond donors (Lipinski definition) is 2. The Kier molecular flexibility index (Phi) is 5.26. The summed E-state index contributed by atoms with van der Waals surface area (Å²) >= 11 is 0. The van der Waals surface area contributed by atoms with Gasteiger partial charge in [-0.3, -0.25) is 4.99 Å². The molecular weight excluding hydrogens is 365 g/mol. The molecule has 20 heavy (non-hydrogen) atoms. The van der Waals surface area contributed by atoms with Gasteiger partial charge in [-0.1, -0.05) is 30.3 Å². The van der Waals surface area contributed by atoms with E-state index in [4.69, 9.17) is 0 Å². The molecule has 1 aromatic carbocycles. The minimum atomic E-state index is -0.0751. The largest absolute Gasteiger partial charge is 0.393 e. The van der Waals surface area contributed by atoms with E-state index in [0.29, 0.717) is 12.0 Å². The van der Waals surface area contributed by atoms with E-state index in [1.54, 1.807) is 0 Å². The molecule has 0 radical (unpaired) electrons. The van der Waals surface area contributed by atoms with E-state index >= 15 is 0 Å². The van der Waals surface area contributed by atoms with E-state index in [1.807, 2.05) is 6.07 Å². The van der Waals surface area contributed by atoms with Gasteiger partial charge >= 0.3 is 0 Å². The van der Waals surface area contributed by atoms with E-state index in [1.165, 1.54) is 5.56 Å². The van der Waals surface area contributed by atoms with Crippen LogP contribution >= 0.6 is 24.0 Å². The molecule has 1 aliphatic carbocycles. The minimum absolute atomic E-state index is 0. The predicted molar refractivity (Wildman–Crippen MR) is 91.4 cm³/mol. The first-order chi connectivity index (χ1) is 9.22. The highest BCUT2D eigenvalue weighted by atomic mass is 127. The van der Waals surface area contributed by atoms with E-state index < -0.39 is 0 Å². The van der Waals surface area contributed by atoms with Gasteiger partial charge in [0.15, 0.2) is 5.96 Å². The molecule has 0 saturated heterocycles. The Morgan fingerprint density at radius 3 is 2.65 bits per heavy atom. The van der Waals surface area contributed by atoms with Gasteiger partial charge in [-0.15, -0.1) is 24.0 Å². The Morgan fingerprint density at radius 1 is 1.30 bits per heavy atom. The number of aliphatic hydroxyl groups excluding tert-OH is 1. The molecule has 110 valence electrons. The molecule has 1 saturated carbocycles. The Bertz CT molecular complexity index is 459. The second-order valence-corrected chi connectivity index (χ2v) is 5.64. The van der Waals surface area contributed by atoms with Crippen molar-refractivity contribution in [1.29, 1.82) is 0 Å². The van der Waals surface area contributed by atoms with E-state index in [2.05, 4.69) is 46.5 Å². The lowest BCUT2D eigenvalue weighted by atomic mass is 9.82. The molecule has 0 amide bonds. The van der Waals surface area contributed by atoms with Crippen LogP contribution in [0.15, 0.2) is 35.3 Å². The fourth-order valence-corrected chi connectivity index (χ4v) is 2.85. The average molecular weight is 387 g/mol. The smallest absolute Gasteiger partial charge is 0.194 e. The lowest BCUT2D eigenvalue weighted by Crippen LogP contribution is -2.43. The molecule has 1 aromatic rings. The maximum atomic E-state index is 9.32. The van der Waals surface area contributed by atoms with Gasteiger partial charge in [-0.2, -0.15) is 0 Å². The van der Waals surface area contributed by atoms with Crippen molar-refractivity contribution in [1.82, 2.24) is 10.2 Å². The lowest BCUT2D eigenvalue weighted by molar-refractivity contribution is 0.0354. The average Bonchev–Trinajstić information content (AvgIpc) is 2.87. The third kappa shape index (κ3) is 3.44. The molecule has 0 spiro atoms. The highest BCUT2D eigenvalue weighted by Gasteiger charge is 2.30. The first kappa shape index (κ1) is 15.6. The molecule has 4 nitrogen and oxygen atoms in total. The molecule has 5 heteroatoms. The third-order valence-electron chi connectivity index (χ3n) is 4.03. The summed E-state index contributed by atoms with van der Waals surface area (Å²) in [5, 5.41) is 12.8. The van der Waals surface area contributed by atoms with Gasteiger partial charge in [0, 0.05) is 13.6 Å². The quantitative estimate of drug-likeness (QED) is 0.781. The Hall–Kier alpha value is -0.820. The Balaban J connectivity index is 0.00000147. The molecule has 1 atom stereocenters. The number of nitrogens with zero attached hydrogens (tertiary/aromatic N) is 2. The lowest BCUT2D eigenvalue weighted by Gasteiger charge is -2.35. The number of halogens is 1. The van der Waals surface area contributed by atoms with Gasteiger partial charge in [0.2, 0.25) is 0 Å². The van der Waals surface area contributed by atoms with Gasteiger partial charge in [0.25, 0.3) is 0 Å². The normalized spacial score (nSPS) is 27.9. The molecular formula is C15H22IN3O. The van der Waals surface area contributed by atoms with Crippen LogP contribution in [0.25, 0.3) is 0 Å². The first-order valence-corrected chi connectivity index (χ1v) is 6.97. The van der Waals surface area contributed by atoms with Crippen LogP contribution in [0.4, 0.5) is 0 Å². The summed E-state index contributed by atoms with van der Waals surface area (Å²) in [5.41, 5.74) is 1.29. The van der Waals surface area contributed by atoms with Crippen molar-refractivity contribution >= 4 is 29.9 Å². The zero-order chi connectivity index (χ0) is 13.2. The summed E-state index contributed by atoms with van der Waals surface area (Å²) < 4.78 is 0. The molecule has 1 fully saturated rings. The topological polar surface area (TPSA) is 47.9 Å². The maximum Gasteiger partial charge on any atom is 0.194 e. The van der Waals surface area contributed by atoms with E-state index in [9.17, 15) is 5.11 Å². The van der Waals surface area contributed by atoms with Crippen molar-refractivity contribution in [2.45, 2.75) is 25.0 Å². The van der Waals surface area contributed by atoms with Crippen molar-refractivity contribution in [2.75, 3.05) is 20.1 Å². The van der Waals surface area contributed by atoms with Crippen LogP contribution in [-0.4, -0.2) is 42.2 Å². The van der Waals surface area contributed by atoms with Crippen LogP contribution in [0.2, 0.25) is 0 Å². The standard InChI is InChI=1S/C15H21N3O.HI/c1-18(10-11-7-13(19)8-11)15-16-9-14(17-15)12-5-3-2-4-6-12;/h2-6,11,13-14,19H,7-10H2,1H3,(H,16,17);1H. The number of hydrogen-bond acceptors (Lipinski definition) is 4. The van der Waals surface area contributed by atoms with Crippen LogP contribution in [0, 0.1) is 5.92 Å². The summed E-state index contributed by atoms with van der Waals surface area (Å²) in [6, 6.07) is 10.7. The Morgan fingerprint density at radius 2 is 2.00 bits per heavy atom. The number of rotatable bonds is 3. The summed E-state index contributed by atoms with van der Waals surface area (Å²) in [5.74, 6) is 1.59. The molecule has 2 N–H and O–H groups in total. The maximum absolute atomic E-state index is 9.32. The number of aliphatic hydroxyl groups is 1. The van der Waals surface area contributed by atoms with Gasteiger partial charge in [-0.25, -0.2) is 0 Å². The summed E-state index contributed by atoms with van der Waals surface area (Å²) in [6.07, 6.45) is 1.79. The highest BCUT2D eigenvalue weighted by Crippen LogP contribution is 2.28. The Labute approximate surface area is 137 Å². The molecule has 1 aliphatic heterocycles. The SMILES string of the molecule is CN(CC1CC(O)C1)C1=NCC(c2ccccc2)N1.I. The molecule has 2 aliphatic rings. The number of aliphatic imine (C=N–C) groups is 1. The first-order valence-electron chi connectivity index (χ1n) is 6.97. The summed E-state index contributed by atoms with van der Waals surface area (Å²) in [6.45, 7) is 1.78. The van der Waals surface area contributed by atoms with Crippen LogP contribution in [0.3, 0.4) is 0 Å². The number of benzene rings is 1. The van der Waals surface area contributed by atoms with Crippen molar-refractivity contribution in [2.24, 2.45) is 10.9 Å². The van der Waals surface area contributed by atoms with E-state index in [0.717, 1.165) is 31.9 Å². The minimum Gasteiger partial charge on any atom is -0.393 e. The second kappa shape index (κ2) is 6.76. The predicted octanol–water partition coefficient (Wildman–Crippen LogP) is 2.01. The molecule has 1 unspecified atom stereocenters. The van der Waals surface area contributed by atoms with Crippen LogP contribution in [-0.2, 0) is 0 Å². The van der Waals surface area contributed by atoms with Crippen LogP contribution < -0.4 is 5.32 Å². The summed E-state index contributed by atoms with van der Waals surface area (Å²) in [4.78, 5) is 6.77. The second-order valence-electron chi connectivity index (χ2n) is 5.64. The number of nitrogens with one attached hydrogen (secondary N) is 1. The van der Waals surface area contributed by atoms with Crippen molar-refractivity contribution < 1.29 is 5.11 Å². The molecule has 0 aromatic heterocycles. The third-order valence-corrected chi connectivity index (χ3v) is 4.03. The molecule has 1 heterocycles. The molecule has 3 rings (SSSR count). The van der Waals surface area contributed by atoms with Crippen molar-refractivity contribution in [3.8, 4) is 0 Å². The fraction of sp³-hybridized carbons (Fsp3) is 0.533. The molecule has 0 bridgehead atoms. The van der Waals surface area contributed by atoms with Gasteiger partial charge in [0.05, 0.1) is 18.7 Å². The highest BCUT2D eigenvalue weighted by molar-refractivity contribution is 14.0. The van der Waals surface area contributed by atoms with Crippen LogP contribution in [0.5, 0.6) is 0 Å². The zero-order valence-corrected chi connectivity index (χ0v) is 14.0. The van der Waals surface area contributed by atoms with Crippen LogP contribution in [0.1, 0.15) is 24.4 Å². The van der Waals surface area contributed by atoms with Gasteiger partial charge in [-0.05, 0) is 24.3 Å². The van der Waals surface area contributed by atoms with Gasteiger partial charge in [0.1, 0.15) is 0 Å². The van der Waals surface area contributed by atoms with Crippen molar-refractivity contribution in [3.05, 3.63) is 35.9 Å². The fourth-order valence-electron chi connectivity index (χ4n) is 2.85. The van der Waals surface area contributed by atoms with Gasteiger partial charge < -0.3 is 15.3 Å². The zero-order valence-electron chi connectivity index (χ0n) is 11.7.